The van der Waals surface area contributed by atoms with Crippen LogP contribution in [-0.2, 0) is 6.54 Å². The molecule has 0 aliphatic carbocycles. The average molecular weight is 381 g/mol. The van der Waals surface area contributed by atoms with E-state index in [-0.39, 0.29) is 5.91 Å². The van der Waals surface area contributed by atoms with Gasteiger partial charge in [0.1, 0.15) is 0 Å². The Balaban J connectivity index is 1.63. The van der Waals surface area contributed by atoms with E-state index in [2.05, 4.69) is 46.3 Å². The molecule has 0 aliphatic heterocycles. The summed E-state index contributed by atoms with van der Waals surface area (Å²) in [5.74, 6) is -0.214. The minimum absolute atomic E-state index is 0.214. The molecular weight excluding hydrogens is 358 g/mol. The molecule has 1 amide bonds. The molecule has 0 aliphatic rings. The predicted molar refractivity (Wildman–Crippen MR) is 108 cm³/mol. The van der Waals surface area contributed by atoms with Crippen molar-refractivity contribution in [3.8, 4) is 5.69 Å². The van der Waals surface area contributed by atoms with Crippen LogP contribution in [0.4, 0.5) is 5.69 Å². The third-order valence-electron chi connectivity index (χ3n) is 4.54. The summed E-state index contributed by atoms with van der Waals surface area (Å²) in [6.07, 6.45) is 0. The fraction of sp³-hybridized carbons (Fsp3) is 0.250. The summed E-state index contributed by atoms with van der Waals surface area (Å²) in [6.45, 7) is 6.56. The molecule has 0 spiro atoms. The molecule has 0 atom stereocenters. The van der Waals surface area contributed by atoms with Crippen LogP contribution in [0, 0.1) is 0 Å². The van der Waals surface area contributed by atoms with Crippen LogP contribution in [0.5, 0.6) is 0 Å². The molecule has 28 heavy (non-hydrogen) atoms. The molecular formula is C20H23N5O3. The zero-order valence-corrected chi connectivity index (χ0v) is 15.9. The lowest BCUT2D eigenvalue weighted by Crippen LogP contribution is -2.23. The van der Waals surface area contributed by atoms with Gasteiger partial charge >= 0.3 is 11.4 Å². The molecule has 8 nitrogen and oxygen atoms in total. The van der Waals surface area contributed by atoms with Gasteiger partial charge in [-0.15, -0.1) is 0 Å². The van der Waals surface area contributed by atoms with Crippen LogP contribution in [0.1, 0.15) is 29.8 Å². The fourth-order valence-corrected chi connectivity index (χ4v) is 2.97. The Labute approximate surface area is 161 Å². The van der Waals surface area contributed by atoms with E-state index in [4.69, 9.17) is 0 Å². The molecule has 0 fully saturated rings. The van der Waals surface area contributed by atoms with Crippen molar-refractivity contribution < 1.29 is 4.79 Å². The molecule has 0 unspecified atom stereocenters. The number of carbonyl (C=O) groups is 1. The van der Waals surface area contributed by atoms with Gasteiger partial charge in [-0.25, -0.2) is 19.4 Å². The number of nitrogens with zero attached hydrogens (tertiary/aromatic N) is 2. The lowest BCUT2D eigenvalue weighted by molar-refractivity contribution is 0.0951. The maximum Gasteiger partial charge on any atom is 0.349 e. The number of hydrogen-bond acceptors (Lipinski definition) is 4. The van der Waals surface area contributed by atoms with Gasteiger partial charge in [-0.05, 0) is 55.8 Å². The molecule has 0 saturated heterocycles. The van der Waals surface area contributed by atoms with Gasteiger partial charge in [-0.2, -0.15) is 0 Å². The normalized spacial score (nSPS) is 10.6. The zero-order valence-electron chi connectivity index (χ0n) is 15.9. The van der Waals surface area contributed by atoms with E-state index in [0.29, 0.717) is 17.8 Å². The van der Waals surface area contributed by atoms with E-state index in [1.807, 2.05) is 12.1 Å². The zero-order chi connectivity index (χ0) is 20.1. The molecule has 2 aromatic carbocycles. The lowest BCUT2D eigenvalue weighted by atomic mass is 10.1. The summed E-state index contributed by atoms with van der Waals surface area (Å²) in [6, 6.07) is 14.5. The number of nitrogens with one attached hydrogen (secondary N) is 3. The van der Waals surface area contributed by atoms with Gasteiger partial charge < -0.3 is 10.2 Å². The number of aromatic nitrogens is 3. The van der Waals surface area contributed by atoms with Gasteiger partial charge in [0, 0.05) is 30.9 Å². The predicted octanol–water partition coefficient (Wildman–Crippen LogP) is 1.63. The first-order chi connectivity index (χ1) is 13.5. The van der Waals surface area contributed by atoms with Crippen LogP contribution in [0.15, 0.2) is 58.1 Å². The van der Waals surface area contributed by atoms with Crippen molar-refractivity contribution in [1.82, 2.24) is 20.1 Å². The summed E-state index contributed by atoms with van der Waals surface area (Å²) in [5, 5.41) is 5.25. The van der Waals surface area contributed by atoms with Crippen LogP contribution in [0.25, 0.3) is 5.69 Å². The summed E-state index contributed by atoms with van der Waals surface area (Å²) < 4.78 is 1.08. The van der Waals surface area contributed by atoms with Crippen molar-refractivity contribution in [1.29, 1.82) is 0 Å². The highest BCUT2D eigenvalue weighted by Gasteiger charge is 2.08. The average Bonchev–Trinajstić information content (AvgIpc) is 3.06. The van der Waals surface area contributed by atoms with Crippen molar-refractivity contribution in [3.05, 3.63) is 80.6 Å². The minimum atomic E-state index is -0.584. The summed E-state index contributed by atoms with van der Waals surface area (Å²) in [5.41, 5.74) is 1.96. The first-order valence-electron chi connectivity index (χ1n) is 9.15. The molecule has 1 heterocycles. The largest absolute Gasteiger partial charge is 0.372 e. The SMILES string of the molecule is CCN(CC)c1ccc(CNC(=O)c2ccc(-n3[nH]c(=O)[nH]c3=O)cc2)cc1. The molecule has 3 N–H and O–H groups in total. The number of rotatable bonds is 7. The Kier molecular flexibility index (Phi) is 5.78. The minimum Gasteiger partial charge on any atom is -0.372 e. The van der Waals surface area contributed by atoms with Gasteiger partial charge in [0.05, 0.1) is 5.69 Å². The van der Waals surface area contributed by atoms with Gasteiger partial charge in [-0.3, -0.25) is 9.78 Å². The molecule has 1 aromatic heterocycles. The Morgan fingerprint density at radius 1 is 1.00 bits per heavy atom. The van der Waals surface area contributed by atoms with Gasteiger partial charge in [0.15, 0.2) is 0 Å². The third kappa shape index (κ3) is 4.22. The summed E-state index contributed by atoms with van der Waals surface area (Å²) >= 11 is 0. The molecule has 3 rings (SSSR count). The Morgan fingerprint density at radius 2 is 1.64 bits per heavy atom. The summed E-state index contributed by atoms with van der Waals surface area (Å²) in [4.78, 5) is 39.5. The van der Waals surface area contributed by atoms with E-state index < -0.39 is 11.4 Å². The second-order valence-electron chi connectivity index (χ2n) is 6.27. The van der Waals surface area contributed by atoms with Crippen molar-refractivity contribution in [2.75, 3.05) is 18.0 Å². The third-order valence-corrected chi connectivity index (χ3v) is 4.54. The highest BCUT2D eigenvalue weighted by Crippen LogP contribution is 2.15. The number of amides is 1. The monoisotopic (exact) mass is 381 g/mol. The molecule has 0 radical (unpaired) electrons. The Morgan fingerprint density at radius 3 is 2.18 bits per heavy atom. The van der Waals surface area contributed by atoms with Crippen LogP contribution in [-0.4, -0.2) is 33.8 Å². The van der Waals surface area contributed by atoms with Gasteiger partial charge in [0.25, 0.3) is 5.91 Å². The van der Waals surface area contributed by atoms with E-state index in [0.717, 1.165) is 29.0 Å². The van der Waals surface area contributed by atoms with E-state index in [1.165, 1.54) is 0 Å². The van der Waals surface area contributed by atoms with Gasteiger partial charge in [0.2, 0.25) is 0 Å². The highest BCUT2D eigenvalue weighted by molar-refractivity contribution is 5.94. The van der Waals surface area contributed by atoms with Crippen molar-refractivity contribution in [2.45, 2.75) is 20.4 Å². The number of carbonyl (C=O) groups excluding carboxylic acids is 1. The standard InChI is InChI=1S/C20H23N5O3/c1-3-24(4-2)16-9-5-14(6-10-16)13-21-18(26)15-7-11-17(12-8-15)25-20(28)22-19(27)23-25/h5-12H,3-4,13H2,1-2H3,(H,21,26)(H2,22,23,27,28). The lowest BCUT2D eigenvalue weighted by Gasteiger charge is -2.21. The molecule has 3 aromatic rings. The Bertz CT molecular complexity index is 1040. The maximum atomic E-state index is 12.4. The smallest absolute Gasteiger partial charge is 0.349 e. The first-order valence-corrected chi connectivity index (χ1v) is 9.15. The second-order valence-corrected chi connectivity index (χ2v) is 6.27. The van der Waals surface area contributed by atoms with Gasteiger partial charge in [-0.1, -0.05) is 12.1 Å². The van der Waals surface area contributed by atoms with Crippen LogP contribution >= 0.6 is 0 Å². The van der Waals surface area contributed by atoms with E-state index in [9.17, 15) is 14.4 Å². The first kappa shape index (κ1) is 19.2. The van der Waals surface area contributed by atoms with E-state index in [1.54, 1.807) is 24.3 Å². The number of benzene rings is 2. The quantitative estimate of drug-likeness (QED) is 0.579. The maximum absolute atomic E-state index is 12.4. The molecule has 146 valence electrons. The van der Waals surface area contributed by atoms with Crippen molar-refractivity contribution >= 4 is 11.6 Å². The number of anilines is 1. The van der Waals surface area contributed by atoms with E-state index >= 15 is 0 Å². The van der Waals surface area contributed by atoms with Crippen LogP contribution in [0.2, 0.25) is 0 Å². The topological polar surface area (TPSA) is 103 Å². The molecule has 8 heteroatoms. The van der Waals surface area contributed by atoms with Crippen molar-refractivity contribution in [2.24, 2.45) is 0 Å². The Hall–Kier alpha value is -3.55. The summed E-state index contributed by atoms with van der Waals surface area (Å²) in [7, 11) is 0. The number of H-pyrrole nitrogens is 2. The molecule has 0 bridgehead atoms. The molecule has 0 saturated carbocycles. The second kappa shape index (κ2) is 8.43. The van der Waals surface area contributed by atoms with Crippen LogP contribution in [0.3, 0.4) is 0 Å². The number of hydrogen-bond donors (Lipinski definition) is 3. The van der Waals surface area contributed by atoms with Crippen molar-refractivity contribution in [3.63, 3.8) is 0 Å². The highest BCUT2D eigenvalue weighted by atomic mass is 16.2. The van der Waals surface area contributed by atoms with Crippen LogP contribution < -0.4 is 21.6 Å². The fourth-order valence-electron chi connectivity index (χ4n) is 2.97. The number of aromatic amines is 2.